The predicted molar refractivity (Wildman–Crippen MR) is 90.1 cm³/mol. The fourth-order valence-electron chi connectivity index (χ4n) is 3.04. The predicted octanol–water partition coefficient (Wildman–Crippen LogP) is 3.84. The van der Waals surface area contributed by atoms with Gasteiger partial charge in [-0.1, -0.05) is 42.5 Å². The maximum absolute atomic E-state index is 13.1. The van der Waals surface area contributed by atoms with E-state index in [-0.39, 0.29) is 31.0 Å². The highest BCUT2D eigenvalue weighted by Gasteiger charge is 2.38. The van der Waals surface area contributed by atoms with Gasteiger partial charge in [0.05, 0.1) is 11.3 Å². The van der Waals surface area contributed by atoms with Gasteiger partial charge in [-0.15, -0.1) is 0 Å². The number of para-hydroxylation sites is 1. The van der Waals surface area contributed by atoms with Gasteiger partial charge in [0, 0.05) is 13.0 Å². The molecule has 0 saturated carbocycles. The van der Waals surface area contributed by atoms with Crippen molar-refractivity contribution in [1.82, 2.24) is 4.90 Å². The summed E-state index contributed by atoms with van der Waals surface area (Å²) >= 11 is 0. The van der Waals surface area contributed by atoms with Gasteiger partial charge in [-0.05, 0) is 24.1 Å². The van der Waals surface area contributed by atoms with E-state index in [0.29, 0.717) is 0 Å². The van der Waals surface area contributed by atoms with Crippen LogP contribution in [0.4, 0.5) is 18.9 Å². The van der Waals surface area contributed by atoms with Gasteiger partial charge in [0.1, 0.15) is 6.04 Å². The number of hydrogen-bond acceptors (Lipinski definition) is 2. The molecule has 2 amide bonds. The molecule has 0 bridgehead atoms. The summed E-state index contributed by atoms with van der Waals surface area (Å²) in [6, 6.07) is 13.2. The second-order valence-electron chi connectivity index (χ2n) is 6.09. The maximum atomic E-state index is 13.1. The highest BCUT2D eigenvalue weighted by Crippen LogP contribution is 2.35. The monoisotopic (exact) mass is 362 g/mol. The lowest BCUT2D eigenvalue weighted by atomic mass is 10.1. The van der Waals surface area contributed by atoms with Crippen molar-refractivity contribution >= 4 is 17.5 Å². The molecule has 3 rings (SSSR count). The van der Waals surface area contributed by atoms with Crippen LogP contribution in [0.25, 0.3) is 0 Å². The lowest BCUT2D eigenvalue weighted by Gasteiger charge is -2.25. The molecule has 4 nitrogen and oxygen atoms in total. The molecule has 1 saturated heterocycles. The van der Waals surface area contributed by atoms with Crippen LogP contribution in [0, 0.1) is 0 Å². The third kappa shape index (κ3) is 3.87. The van der Waals surface area contributed by atoms with Gasteiger partial charge >= 0.3 is 6.18 Å². The fraction of sp³-hybridized carbons (Fsp3) is 0.263. The molecule has 1 atom stereocenters. The van der Waals surface area contributed by atoms with E-state index < -0.39 is 23.7 Å². The van der Waals surface area contributed by atoms with Crippen LogP contribution in [0.1, 0.15) is 24.0 Å². The van der Waals surface area contributed by atoms with Crippen molar-refractivity contribution < 1.29 is 22.8 Å². The zero-order valence-corrected chi connectivity index (χ0v) is 13.8. The average Bonchev–Trinajstić information content (AvgIpc) is 2.96. The van der Waals surface area contributed by atoms with Crippen LogP contribution in [-0.2, 0) is 22.3 Å². The molecule has 0 radical (unpaired) electrons. The minimum atomic E-state index is -4.57. The average molecular weight is 362 g/mol. The Balaban J connectivity index is 1.78. The zero-order valence-electron chi connectivity index (χ0n) is 13.8. The molecule has 2 aromatic carbocycles. The van der Waals surface area contributed by atoms with Gasteiger partial charge in [-0.3, -0.25) is 9.59 Å². The number of nitrogens with zero attached hydrogens (tertiary/aromatic N) is 1. The Morgan fingerprint density at radius 1 is 1.08 bits per heavy atom. The fourth-order valence-corrected chi connectivity index (χ4v) is 3.04. The van der Waals surface area contributed by atoms with Gasteiger partial charge in [-0.2, -0.15) is 13.2 Å². The molecular formula is C19H17F3N2O2. The van der Waals surface area contributed by atoms with E-state index in [1.807, 2.05) is 30.3 Å². The molecule has 2 aromatic rings. The Kier molecular flexibility index (Phi) is 4.97. The van der Waals surface area contributed by atoms with E-state index in [1.54, 1.807) is 0 Å². The first kappa shape index (κ1) is 18.0. The van der Waals surface area contributed by atoms with Crippen molar-refractivity contribution in [3.63, 3.8) is 0 Å². The van der Waals surface area contributed by atoms with Crippen molar-refractivity contribution in [2.45, 2.75) is 31.6 Å². The van der Waals surface area contributed by atoms with Crippen LogP contribution in [0.15, 0.2) is 54.6 Å². The van der Waals surface area contributed by atoms with Crippen molar-refractivity contribution in [2.24, 2.45) is 0 Å². The van der Waals surface area contributed by atoms with Crippen LogP contribution in [0.3, 0.4) is 0 Å². The molecule has 26 heavy (non-hydrogen) atoms. The molecule has 1 N–H and O–H groups in total. The van der Waals surface area contributed by atoms with E-state index in [1.165, 1.54) is 23.1 Å². The lowest BCUT2D eigenvalue weighted by Crippen LogP contribution is -2.41. The van der Waals surface area contributed by atoms with E-state index >= 15 is 0 Å². The summed E-state index contributed by atoms with van der Waals surface area (Å²) in [6.07, 6.45) is -4.09. The third-order valence-electron chi connectivity index (χ3n) is 4.32. The number of rotatable bonds is 4. The number of anilines is 1. The number of amides is 2. The van der Waals surface area contributed by atoms with Crippen molar-refractivity contribution in [1.29, 1.82) is 0 Å². The smallest absolute Gasteiger partial charge is 0.326 e. The highest BCUT2D eigenvalue weighted by molar-refractivity contribution is 5.99. The first-order valence-electron chi connectivity index (χ1n) is 8.17. The SMILES string of the molecule is O=C(Nc1ccccc1C(F)(F)F)C1CCC(=O)N1Cc1ccccc1. The number of benzene rings is 2. The van der Waals surface area contributed by atoms with Gasteiger partial charge in [0.25, 0.3) is 0 Å². The summed E-state index contributed by atoms with van der Waals surface area (Å²) in [5.41, 5.74) is -0.354. The number of halogens is 3. The summed E-state index contributed by atoms with van der Waals surface area (Å²) in [5.74, 6) is -0.790. The third-order valence-corrected chi connectivity index (χ3v) is 4.32. The van der Waals surface area contributed by atoms with Crippen molar-refractivity contribution in [3.05, 3.63) is 65.7 Å². The molecule has 7 heteroatoms. The molecule has 1 fully saturated rings. The minimum Gasteiger partial charge on any atom is -0.326 e. The van der Waals surface area contributed by atoms with Crippen molar-refractivity contribution in [2.75, 3.05) is 5.32 Å². The zero-order chi connectivity index (χ0) is 18.7. The van der Waals surface area contributed by atoms with Gasteiger partial charge < -0.3 is 10.2 Å². The molecule has 136 valence electrons. The van der Waals surface area contributed by atoms with Crippen LogP contribution in [0.2, 0.25) is 0 Å². The molecule has 1 unspecified atom stereocenters. The number of carbonyl (C=O) groups is 2. The van der Waals surface area contributed by atoms with Crippen LogP contribution < -0.4 is 5.32 Å². The normalized spacial score (nSPS) is 17.4. The van der Waals surface area contributed by atoms with Crippen LogP contribution in [-0.4, -0.2) is 22.8 Å². The Morgan fingerprint density at radius 2 is 1.73 bits per heavy atom. The quantitative estimate of drug-likeness (QED) is 0.899. The summed E-state index contributed by atoms with van der Waals surface area (Å²) in [5, 5.41) is 2.34. The largest absolute Gasteiger partial charge is 0.418 e. The minimum absolute atomic E-state index is 0.182. The van der Waals surface area contributed by atoms with E-state index in [0.717, 1.165) is 11.6 Å². The Bertz CT molecular complexity index is 806. The first-order valence-corrected chi connectivity index (χ1v) is 8.17. The standard InChI is InChI=1S/C19H17F3N2O2/c20-19(21,22)14-8-4-5-9-15(14)23-18(26)16-10-11-17(25)24(16)12-13-6-2-1-3-7-13/h1-9,16H,10-12H2,(H,23,26). The molecule has 0 aliphatic carbocycles. The van der Waals surface area contributed by atoms with E-state index in [9.17, 15) is 22.8 Å². The molecule has 0 spiro atoms. The van der Waals surface area contributed by atoms with E-state index in [4.69, 9.17) is 0 Å². The summed E-state index contributed by atoms with van der Waals surface area (Å²) in [4.78, 5) is 26.1. The number of likely N-dealkylation sites (tertiary alicyclic amines) is 1. The second kappa shape index (κ2) is 7.19. The van der Waals surface area contributed by atoms with Gasteiger partial charge in [0.2, 0.25) is 11.8 Å². The summed E-state index contributed by atoms with van der Waals surface area (Å²) in [6.45, 7) is 0.249. The second-order valence-corrected chi connectivity index (χ2v) is 6.09. The Hall–Kier alpha value is -2.83. The molecular weight excluding hydrogens is 345 g/mol. The molecule has 1 aliphatic rings. The van der Waals surface area contributed by atoms with Crippen molar-refractivity contribution in [3.8, 4) is 0 Å². The van der Waals surface area contributed by atoms with Gasteiger partial charge in [-0.25, -0.2) is 0 Å². The van der Waals surface area contributed by atoms with E-state index in [2.05, 4.69) is 5.32 Å². The number of nitrogens with one attached hydrogen (secondary N) is 1. The topological polar surface area (TPSA) is 49.4 Å². The lowest BCUT2D eigenvalue weighted by molar-refractivity contribution is -0.137. The highest BCUT2D eigenvalue weighted by atomic mass is 19.4. The molecule has 0 aromatic heterocycles. The molecule has 1 aliphatic heterocycles. The van der Waals surface area contributed by atoms with Crippen LogP contribution >= 0.6 is 0 Å². The number of alkyl halides is 3. The Labute approximate surface area is 148 Å². The number of carbonyl (C=O) groups excluding carboxylic acids is 2. The first-order chi connectivity index (χ1) is 12.4. The Morgan fingerprint density at radius 3 is 2.42 bits per heavy atom. The molecule has 1 heterocycles. The maximum Gasteiger partial charge on any atom is 0.418 e. The number of hydrogen-bond donors (Lipinski definition) is 1. The summed E-state index contributed by atoms with van der Waals surface area (Å²) < 4.78 is 39.3. The summed E-state index contributed by atoms with van der Waals surface area (Å²) in [7, 11) is 0. The van der Waals surface area contributed by atoms with Crippen LogP contribution in [0.5, 0.6) is 0 Å². The van der Waals surface area contributed by atoms with Gasteiger partial charge in [0.15, 0.2) is 0 Å².